The lowest BCUT2D eigenvalue weighted by molar-refractivity contribution is -0.0440. The number of hydrogen-bond donors (Lipinski definition) is 1. The van der Waals surface area contributed by atoms with Crippen LogP contribution in [-0.4, -0.2) is 43.9 Å². The van der Waals surface area contributed by atoms with Crippen LogP contribution in [0.15, 0.2) is 47.4 Å². The number of aryl methyl sites for hydroxylation is 2. The molecule has 0 spiro atoms. The lowest BCUT2D eigenvalue weighted by Gasteiger charge is -2.34. The number of nitrogens with one attached hydrogen (secondary N) is 1. The summed E-state index contributed by atoms with van der Waals surface area (Å²) in [6.45, 7) is 8.28. The largest absolute Gasteiger partial charge is 0.373 e. The summed E-state index contributed by atoms with van der Waals surface area (Å²) in [6.07, 6.45) is 0.445. The Balaban J connectivity index is 1.87. The molecule has 6 nitrogen and oxygen atoms in total. The zero-order valence-corrected chi connectivity index (χ0v) is 18.1. The van der Waals surface area contributed by atoms with Gasteiger partial charge >= 0.3 is 0 Å². The maximum Gasteiger partial charge on any atom is 0.255 e. The second-order valence-electron chi connectivity index (χ2n) is 7.52. The van der Waals surface area contributed by atoms with Crippen LogP contribution in [0.5, 0.6) is 0 Å². The van der Waals surface area contributed by atoms with Crippen LogP contribution in [0.25, 0.3) is 0 Å². The van der Waals surface area contributed by atoms with E-state index in [1.807, 2.05) is 45.9 Å². The van der Waals surface area contributed by atoms with Crippen LogP contribution in [0, 0.1) is 6.92 Å². The first kappa shape index (κ1) is 21.5. The second-order valence-corrected chi connectivity index (χ2v) is 9.46. The molecule has 156 valence electrons. The average Bonchev–Trinajstić information content (AvgIpc) is 2.68. The molecule has 1 N–H and O–H groups in total. The highest BCUT2D eigenvalue weighted by Gasteiger charge is 2.32. The number of rotatable bonds is 5. The van der Waals surface area contributed by atoms with E-state index in [1.165, 1.54) is 16.4 Å². The van der Waals surface area contributed by atoms with E-state index < -0.39 is 10.0 Å². The van der Waals surface area contributed by atoms with Crippen LogP contribution in [0.3, 0.4) is 0 Å². The number of sulfonamides is 1. The Morgan fingerprint density at radius 3 is 2.45 bits per heavy atom. The Bertz CT molecular complexity index is 994. The number of morpholine rings is 1. The Morgan fingerprint density at radius 1 is 1.14 bits per heavy atom. The maximum atomic E-state index is 13.1. The first-order valence-corrected chi connectivity index (χ1v) is 11.3. The minimum atomic E-state index is -3.70. The molecule has 0 unspecified atom stereocenters. The molecule has 1 aliphatic rings. The van der Waals surface area contributed by atoms with Gasteiger partial charge in [-0.2, -0.15) is 4.31 Å². The van der Waals surface area contributed by atoms with Crippen LogP contribution in [0.1, 0.15) is 42.3 Å². The molecule has 0 radical (unpaired) electrons. The lowest BCUT2D eigenvalue weighted by atomic mass is 10.1. The van der Waals surface area contributed by atoms with Crippen molar-refractivity contribution < 1.29 is 17.9 Å². The second kappa shape index (κ2) is 8.65. The highest BCUT2D eigenvalue weighted by molar-refractivity contribution is 7.89. The zero-order chi connectivity index (χ0) is 21.2. The van der Waals surface area contributed by atoms with Crippen molar-refractivity contribution in [2.75, 3.05) is 18.4 Å². The van der Waals surface area contributed by atoms with E-state index in [4.69, 9.17) is 4.74 Å². The monoisotopic (exact) mass is 416 g/mol. The number of anilines is 1. The zero-order valence-electron chi connectivity index (χ0n) is 17.3. The summed E-state index contributed by atoms with van der Waals surface area (Å²) < 4.78 is 33.3. The van der Waals surface area contributed by atoms with Crippen molar-refractivity contribution in [2.24, 2.45) is 0 Å². The van der Waals surface area contributed by atoms with Crippen LogP contribution < -0.4 is 5.32 Å². The topological polar surface area (TPSA) is 75.7 Å². The molecule has 1 saturated heterocycles. The van der Waals surface area contributed by atoms with Gasteiger partial charge < -0.3 is 10.1 Å². The summed E-state index contributed by atoms with van der Waals surface area (Å²) in [5.41, 5.74) is 3.10. The Morgan fingerprint density at radius 2 is 1.79 bits per heavy atom. The molecule has 1 fully saturated rings. The minimum absolute atomic E-state index is 0.118. The maximum absolute atomic E-state index is 13.1. The molecule has 29 heavy (non-hydrogen) atoms. The van der Waals surface area contributed by atoms with E-state index in [-0.39, 0.29) is 23.0 Å². The molecule has 0 aliphatic carbocycles. The molecule has 0 aromatic heterocycles. The fourth-order valence-electron chi connectivity index (χ4n) is 3.66. The number of benzene rings is 2. The van der Waals surface area contributed by atoms with Gasteiger partial charge in [0, 0.05) is 24.3 Å². The predicted octanol–water partition coefficient (Wildman–Crippen LogP) is 3.61. The number of nitrogens with zero attached hydrogens (tertiary/aromatic N) is 1. The van der Waals surface area contributed by atoms with Crippen molar-refractivity contribution in [3.63, 3.8) is 0 Å². The first-order valence-electron chi connectivity index (χ1n) is 9.88. The van der Waals surface area contributed by atoms with E-state index in [2.05, 4.69) is 5.32 Å². The molecule has 1 amide bonds. The third-order valence-electron chi connectivity index (χ3n) is 5.10. The summed E-state index contributed by atoms with van der Waals surface area (Å²) in [6, 6.07) is 12.1. The smallest absolute Gasteiger partial charge is 0.255 e. The van der Waals surface area contributed by atoms with E-state index in [1.54, 1.807) is 12.1 Å². The van der Waals surface area contributed by atoms with Gasteiger partial charge in [-0.1, -0.05) is 31.2 Å². The highest BCUT2D eigenvalue weighted by atomic mass is 32.2. The van der Waals surface area contributed by atoms with Crippen LogP contribution in [0.4, 0.5) is 5.69 Å². The summed E-state index contributed by atoms with van der Waals surface area (Å²) in [5.74, 6) is -0.324. The highest BCUT2D eigenvalue weighted by Crippen LogP contribution is 2.24. The standard InChI is InChI=1S/C22H28N2O4S/c1-5-18-9-6-8-15(2)21(18)23-22(25)19-10-7-11-20(12-19)29(26,27)24-13-16(3)28-17(4)14-24/h6-12,16-17H,5,13-14H2,1-4H3,(H,23,25)/t16-,17-/m0/s1. The van der Waals surface area contributed by atoms with Gasteiger partial charge in [0.1, 0.15) is 0 Å². The summed E-state index contributed by atoms with van der Waals surface area (Å²) in [5, 5.41) is 2.95. The molecular weight excluding hydrogens is 388 g/mol. The molecule has 0 bridgehead atoms. The fourth-order valence-corrected chi connectivity index (χ4v) is 5.30. The Labute approximate surface area is 172 Å². The van der Waals surface area contributed by atoms with Gasteiger partial charge in [0.2, 0.25) is 10.0 Å². The third-order valence-corrected chi connectivity index (χ3v) is 6.93. The summed E-state index contributed by atoms with van der Waals surface area (Å²) in [7, 11) is -3.70. The number of hydrogen-bond acceptors (Lipinski definition) is 4. The molecule has 2 aromatic rings. The van der Waals surface area contributed by atoms with Crippen molar-refractivity contribution in [3.05, 3.63) is 59.2 Å². The number of ether oxygens (including phenoxy) is 1. The number of para-hydroxylation sites is 1. The van der Waals surface area contributed by atoms with Gasteiger partial charge in [0.15, 0.2) is 0 Å². The van der Waals surface area contributed by atoms with Gasteiger partial charge in [-0.3, -0.25) is 4.79 Å². The Kier molecular flexibility index (Phi) is 6.41. The molecule has 2 atom stereocenters. The van der Waals surface area contributed by atoms with Gasteiger partial charge in [0.25, 0.3) is 5.91 Å². The van der Waals surface area contributed by atoms with Gasteiger partial charge in [0.05, 0.1) is 17.1 Å². The van der Waals surface area contributed by atoms with Crippen LogP contribution >= 0.6 is 0 Å². The van der Waals surface area contributed by atoms with Gasteiger partial charge in [-0.15, -0.1) is 0 Å². The van der Waals surface area contributed by atoms with Crippen molar-refractivity contribution in [2.45, 2.75) is 51.2 Å². The van der Waals surface area contributed by atoms with Crippen molar-refractivity contribution in [1.82, 2.24) is 4.31 Å². The summed E-state index contributed by atoms with van der Waals surface area (Å²) in [4.78, 5) is 13.0. The lowest BCUT2D eigenvalue weighted by Crippen LogP contribution is -2.48. The molecule has 2 aromatic carbocycles. The van der Waals surface area contributed by atoms with Gasteiger partial charge in [-0.05, 0) is 56.5 Å². The minimum Gasteiger partial charge on any atom is -0.373 e. The number of carbonyl (C=O) groups is 1. The van der Waals surface area contributed by atoms with Crippen LogP contribution in [-0.2, 0) is 21.2 Å². The third kappa shape index (κ3) is 4.69. The molecule has 0 saturated carbocycles. The molecule has 1 aliphatic heterocycles. The molecule has 1 heterocycles. The molecule has 3 rings (SSSR count). The predicted molar refractivity (Wildman–Crippen MR) is 114 cm³/mol. The van der Waals surface area contributed by atoms with E-state index in [0.717, 1.165) is 23.2 Å². The van der Waals surface area contributed by atoms with Crippen molar-refractivity contribution >= 4 is 21.6 Å². The van der Waals surface area contributed by atoms with Crippen LogP contribution in [0.2, 0.25) is 0 Å². The molecule has 7 heteroatoms. The average molecular weight is 417 g/mol. The fraction of sp³-hybridized carbons (Fsp3) is 0.409. The SMILES string of the molecule is CCc1cccc(C)c1NC(=O)c1cccc(S(=O)(=O)N2C[C@H](C)O[C@@H](C)C2)c1. The van der Waals surface area contributed by atoms with Gasteiger partial charge in [-0.25, -0.2) is 8.42 Å². The molecular formula is C22H28N2O4S. The number of amides is 1. The number of carbonyl (C=O) groups excluding carboxylic acids is 1. The quantitative estimate of drug-likeness (QED) is 0.808. The van der Waals surface area contributed by atoms with Crippen molar-refractivity contribution in [1.29, 1.82) is 0 Å². The van der Waals surface area contributed by atoms with E-state index in [0.29, 0.717) is 18.7 Å². The first-order chi connectivity index (χ1) is 13.7. The van der Waals surface area contributed by atoms with Crippen molar-refractivity contribution in [3.8, 4) is 0 Å². The Hall–Kier alpha value is -2.22. The normalized spacial score (nSPS) is 20.4. The van der Waals surface area contributed by atoms with E-state index >= 15 is 0 Å². The summed E-state index contributed by atoms with van der Waals surface area (Å²) >= 11 is 0. The van der Waals surface area contributed by atoms with E-state index in [9.17, 15) is 13.2 Å².